The summed E-state index contributed by atoms with van der Waals surface area (Å²) in [5.41, 5.74) is 1.44. The number of alkyl halides is 3. The smallest absolute Gasteiger partial charge is 0.300 e. The van der Waals surface area contributed by atoms with Gasteiger partial charge in [-0.15, -0.1) is 0 Å². The molecule has 0 N–H and O–H groups in total. The van der Waals surface area contributed by atoms with Gasteiger partial charge in [-0.3, -0.25) is 9.10 Å². The van der Waals surface area contributed by atoms with Gasteiger partial charge < -0.3 is 0 Å². The molecule has 1 heterocycles. The van der Waals surface area contributed by atoms with Crippen LogP contribution >= 0.6 is 0 Å². The lowest BCUT2D eigenvalue weighted by Gasteiger charge is -2.38. The molecule has 0 spiro atoms. The van der Waals surface area contributed by atoms with E-state index in [0.29, 0.717) is 5.56 Å². The van der Waals surface area contributed by atoms with Crippen molar-refractivity contribution in [1.82, 2.24) is 4.31 Å². The molecule has 2 atom stereocenters. The third kappa shape index (κ3) is 5.03. The second kappa shape index (κ2) is 9.34. The van der Waals surface area contributed by atoms with Gasteiger partial charge in [0.2, 0.25) is 0 Å². The number of benzene rings is 3. The van der Waals surface area contributed by atoms with E-state index in [1.165, 1.54) is 31.2 Å². The van der Waals surface area contributed by atoms with E-state index < -0.39 is 33.6 Å². The van der Waals surface area contributed by atoms with Gasteiger partial charge >= 0.3 is 6.18 Å². The molecule has 0 unspecified atom stereocenters. The fourth-order valence-electron chi connectivity index (χ4n) is 4.28. The highest BCUT2D eigenvalue weighted by Gasteiger charge is 2.39. The van der Waals surface area contributed by atoms with Crippen LogP contribution in [0.5, 0.6) is 0 Å². The van der Waals surface area contributed by atoms with Crippen molar-refractivity contribution in [2.24, 2.45) is 5.92 Å². The van der Waals surface area contributed by atoms with E-state index in [2.05, 4.69) is 0 Å². The van der Waals surface area contributed by atoms with Crippen molar-refractivity contribution in [2.45, 2.75) is 30.8 Å². The van der Waals surface area contributed by atoms with Gasteiger partial charge in [-0.05, 0) is 49.2 Å². The molecule has 0 bridgehead atoms. The fraction of sp³-hybridized carbons (Fsp3) is 0.222. The van der Waals surface area contributed by atoms with Crippen molar-refractivity contribution in [2.75, 3.05) is 6.54 Å². The number of hydrogen-bond acceptors (Lipinski definition) is 3. The quantitative estimate of drug-likeness (QED) is 0.430. The summed E-state index contributed by atoms with van der Waals surface area (Å²) in [6.07, 6.45) is -2.83. The Bertz CT molecular complexity index is 1350. The van der Waals surface area contributed by atoms with Crippen molar-refractivity contribution in [3.05, 3.63) is 107 Å². The Morgan fingerprint density at radius 3 is 2.06 bits per heavy atom. The molecule has 0 aliphatic carbocycles. The van der Waals surface area contributed by atoms with Crippen LogP contribution in [0.25, 0.3) is 5.70 Å². The first-order valence-electron chi connectivity index (χ1n) is 11.0. The largest absolute Gasteiger partial charge is 0.416 e. The van der Waals surface area contributed by atoms with E-state index in [-0.39, 0.29) is 22.9 Å². The molecule has 0 saturated carbocycles. The predicted molar refractivity (Wildman–Crippen MR) is 128 cm³/mol. The second-order valence-corrected chi connectivity index (χ2v) is 10.5. The summed E-state index contributed by atoms with van der Waals surface area (Å²) < 4.78 is 68.0. The Hall–Kier alpha value is -3.39. The first-order chi connectivity index (χ1) is 16.5. The Morgan fingerprint density at radius 1 is 0.914 bits per heavy atom. The number of carbonyl (C=O) groups is 1. The summed E-state index contributed by atoms with van der Waals surface area (Å²) in [4.78, 5) is 12.7. The molecule has 4 nitrogen and oxygen atoms in total. The first kappa shape index (κ1) is 24.7. The zero-order valence-corrected chi connectivity index (χ0v) is 20.0. The summed E-state index contributed by atoms with van der Waals surface area (Å²) in [5, 5.41) is 0. The van der Waals surface area contributed by atoms with E-state index in [9.17, 15) is 26.4 Å². The van der Waals surface area contributed by atoms with Crippen LogP contribution in [0.1, 0.15) is 35.1 Å². The van der Waals surface area contributed by atoms with Crippen LogP contribution in [0, 0.1) is 12.8 Å². The Balaban J connectivity index is 1.89. The monoisotopic (exact) mass is 499 g/mol. The van der Waals surface area contributed by atoms with Crippen LogP contribution in [-0.2, 0) is 21.0 Å². The molecule has 0 radical (unpaired) electrons. The van der Waals surface area contributed by atoms with Gasteiger partial charge in [0.05, 0.1) is 16.2 Å². The SMILES string of the molecule is CC(=O)[C@H]1CN(S(=O)(=O)c2ccc(C)cc2)C(c2ccc(C(F)(F)F)cc2)=C[C@@H]1c1ccccc1. The molecule has 35 heavy (non-hydrogen) atoms. The second-order valence-electron chi connectivity index (χ2n) is 8.63. The number of sulfonamides is 1. The highest BCUT2D eigenvalue weighted by Crippen LogP contribution is 2.41. The minimum atomic E-state index is -4.51. The zero-order chi connectivity index (χ0) is 25.4. The minimum absolute atomic E-state index is 0.0429. The van der Waals surface area contributed by atoms with Gasteiger partial charge in [0.15, 0.2) is 0 Å². The van der Waals surface area contributed by atoms with E-state index in [1.807, 2.05) is 37.3 Å². The Morgan fingerprint density at radius 2 is 1.51 bits per heavy atom. The highest BCUT2D eigenvalue weighted by atomic mass is 32.2. The van der Waals surface area contributed by atoms with Crippen molar-refractivity contribution in [1.29, 1.82) is 0 Å². The third-order valence-corrected chi connectivity index (χ3v) is 8.02. The lowest BCUT2D eigenvalue weighted by atomic mass is 9.80. The predicted octanol–water partition coefficient (Wildman–Crippen LogP) is 6.05. The van der Waals surface area contributed by atoms with Crippen molar-refractivity contribution in [3.63, 3.8) is 0 Å². The van der Waals surface area contributed by atoms with Crippen LogP contribution < -0.4 is 0 Å². The summed E-state index contributed by atoms with van der Waals surface area (Å²) in [6, 6.07) is 19.9. The van der Waals surface area contributed by atoms with Crippen LogP contribution in [0.3, 0.4) is 0 Å². The summed E-state index contributed by atoms with van der Waals surface area (Å²) in [5.74, 6) is -1.27. The van der Waals surface area contributed by atoms with E-state index in [4.69, 9.17) is 0 Å². The molecule has 4 rings (SSSR count). The number of ketones is 1. The summed E-state index contributed by atoms with van der Waals surface area (Å²) in [7, 11) is -4.10. The summed E-state index contributed by atoms with van der Waals surface area (Å²) in [6.45, 7) is 3.13. The molecule has 3 aromatic rings. The molecule has 0 amide bonds. The van der Waals surface area contributed by atoms with Gasteiger partial charge in [0.1, 0.15) is 5.78 Å². The maximum Gasteiger partial charge on any atom is 0.416 e. The number of halogens is 3. The summed E-state index contributed by atoms with van der Waals surface area (Å²) >= 11 is 0. The van der Waals surface area contributed by atoms with Crippen molar-refractivity contribution >= 4 is 21.5 Å². The number of allylic oxidation sites excluding steroid dienone is 1. The molecule has 1 aliphatic rings. The normalized spacial score (nSPS) is 18.8. The lowest BCUT2D eigenvalue weighted by molar-refractivity contribution is -0.137. The number of rotatable bonds is 5. The number of carbonyl (C=O) groups excluding carboxylic acids is 1. The van der Waals surface area contributed by atoms with Crippen LogP contribution in [0.2, 0.25) is 0 Å². The maximum absolute atomic E-state index is 13.7. The minimum Gasteiger partial charge on any atom is -0.300 e. The van der Waals surface area contributed by atoms with E-state index >= 15 is 0 Å². The van der Waals surface area contributed by atoms with Gasteiger partial charge in [-0.25, -0.2) is 8.42 Å². The van der Waals surface area contributed by atoms with E-state index in [0.717, 1.165) is 27.6 Å². The van der Waals surface area contributed by atoms with Gasteiger partial charge in [0, 0.05) is 18.4 Å². The van der Waals surface area contributed by atoms with Crippen LogP contribution in [0.4, 0.5) is 13.2 Å². The molecule has 1 aliphatic heterocycles. The number of aryl methyl sites for hydroxylation is 1. The Kier molecular flexibility index (Phi) is 6.60. The molecule has 3 aromatic carbocycles. The van der Waals surface area contributed by atoms with Crippen LogP contribution in [0.15, 0.2) is 89.8 Å². The molecule has 0 fully saturated rings. The lowest BCUT2D eigenvalue weighted by Crippen LogP contribution is -2.41. The molecule has 0 saturated heterocycles. The average Bonchev–Trinajstić information content (AvgIpc) is 2.83. The fourth-order valence-corrected chi connectivity index (χ4v) is 5.80. The number of hydrogen-bond donors (Lipinski definition) is 0. The van der Waals surface area contributed by atoms with Crippen molar-refractivity contribution < 1.29 is 26.4 Å². The average molecular weight is 500 g/mol. The van der Waals surface area contributed by atoms with Gasteiger partial charge in [-0.1, -0.05) is 66.2 Å². The molecular formula is C27H24F3NO3S. The van der Waals surface area contributed by atoms with Crippen molar-refractivity contribution in [3.8, 4) is 0 Å². The van der Waals surface area contributed by atoms with Crippen LogP contribution in [-0.4, -0.2) is 25.1 Å². The highest BCUT2D eigenvalue weighted by molar-refractivity contribution is 7.89. The van der Waals surface area contributed by atoms with E-state index in [1.54, 1.807) is 18.2 Å². The molecule has 182 valence electrons. The standard InChI is InChI=1S/C27H24F3NO3S/c1-18-8-14-23(15-9-18)35(33,34)31-17-25(19(2)32)24(20-6-4-3-5-7-20)16-26(31)21-10-12-22(13-11-21)27(28,29)30/h3-16,24-25H,17H2,1-2H3/t24-,25-/m1/s1. The molecule has 8 heteroatoms. The topological polar surface area (TPSA) is 54.5 Å². The van der Waals surface area contributed by atoms with Gasteiger partial charge in [-0.2, -0.15) is 13.2 Å². The van der Waals surface area contributed by atoms with Gasteiger partial charge in [0.25, 0.3) is 10.0 Å². The Labute approximate surface area is 202 Å². The molecular weight excluding hydrogens is 475 g/mol. The number of Topliss-reactive ketones (excluding diaryl/α,β-unsaturated/α-hetero) is 1. The maximum atomic E-state index is 13.7. The third-order valence-electron chi connectivity index (χ3n) is 6.23. The first-order valence-corrected chi connectivity index (χ1v) is 12.5. The molecule has 0 aromatic heterocycles. The zero-order valence-electron chi connectivity index (χ0n) is 19.2. The number of nitrogens with zero attached hydrogens (tertiary/aromatic N) is 1.